The third-order valence-electron chi connectivity index (χ3n) is 5.47. The van der Waals surface area contributed by atoms with Gasteiger partial charge in [0.05, 0.1) is 5.56 Å². The van der Waals surface area contributed by atoms with E-state index in [1.807, 2.05) is 6.07 Å². The first kappa shape index (κ1) is 19.6. The molecule has 0 saturated heterocycles. The van der Waals surface area contributed by atoms with Gasteiger partial charge in [-0.1, -0.05) is 49.7 Å². The van der Waals surface area contributed by atoms with Crippen molar-refractivity contribution in [2.75, 3.05) is 0 Å². The van der Waals surface area contributed by atoms with Crippen molar-refractivity contribution in [2.24, 2.45) is 0 Å². The molecule has 5 heteroatoms. The number of hydrogen-bond acceptors (Lipinski definition) is 0. The summed E-state index contributed by atoms with van der Waals surface area (Å²) in [5.74, 6) is -1.90. The molecule has 0 aromatic heterocycles. The Morgan fingerprint density at radius 2 is 1.55 bits per heavy atom. The van der Waals surface area contributed by atoms with Crippen molar-refractivity contribution >= 4 is 0 Å². The molecule has 0 N–H and O–H groups in total. The van der Waals surface area contributed by atoms with Crippen LogP contribution in [0.15, 0.2) is 48.5 Å². The summed E-state index contributed by atoms with van der Waals surface area (Å²) in [6, 6.07) is 12.1. The minimum Gasteiger partial charge on any atom is -0.206 e. The average Bonchev–Trinajstić information content (AvgIpc) is 2.67. The van der Waals surface area contributed by atoms with Crippen LogP contribution >= 0.6 is 0 Å². The van der Waals surface area contributed by atoms with Crippen LogP contribution in [0, 0.1) is 11.6 Å². The fourth-order valence-electron chi connectivity index (χ4n) is 4.07. The van der Waals surface area contributed by atoms with Crippen LogP contribution in [0.1, 0.15) is 35.6 Å². The van der Waals surface area contributed by atoms with Crippen LogP contribution in [-0.2, 0) is 25.4 Å². The summed E-state index contributed by atoms with van der Waals surface area (Å²) in [5, 5.41) is 0. The third kappa shape index (κ3) is 3.54. The first-order valence-electron chi connectivity index (χ1n) is 9.60. The molecule has 0 bridgehead atoms. The molecular formula is C24H19F5. The molecule has 4 rings (SSSR count). The number of halogens is 5. The zero-order valence-corrected chi connectivity index (χ0v) is 15.8. The van der Waals surface area contributed by atoms with E-state index in [2.05, 4.69) is 19.1 Å². The first-order valence-corrected chi connectivity index (χ1v) is 9.60. The highest BCUT2D eigenvalue weighted by Gasteiger charge is 2.34. The smallest absolute Gasteiger partial charge is 0.206 e. The van der Waals surface area contributed by atoms with Crippen LogP contribution in [0.2, 0.25) is 0 Å². The Hall–Kier alpha value is -2.69. The van der Waals surface area contributed by atoms with Crippen molar-refractivity contribution < 1.29 is 22.0 Å². The lowest BCUT2D eigenvalue weighted by Gasteiger charge is -2.22. The molecular weight excluding hydrogens is 383 g/mol. The van der Waals surface area contributed by atoms with E-state index in [0.717, 1.165) is 36.1 Å². The molecule has 29 heavy (non-hydrogen) atoms. The maximum Gasteiger partial charge on any atom is 0.419 e. The molecule has 1 aliphatic carbocycles. The Bertz CT molecular complexity index is 1080. The highest BCUT2D eigenvalue weighted by Crippen LogP contribution is 2.40. The number of rotatable bonds is 3. The highest BCUT2D eigenvalue weighted by atomic mass is 19.4. The Morgan fingerprint density at radius 1 is 0.828 bits per heavy atom. The first-order chi connectivity index (χ1) is 13.8. The van der Waals surface area contributed by atoms with Gasteiger partial charge in [-0.25, -0.2) is 8.78 Å². The van der Waals surface area contributed by atoms with E-state index < -0.39 is 23.4 Å². The number of hydrogen-bond donors (Lipinski definition) is 0. The summed E-state index contributed by atoms with van der Waals surface area (Å²) in [6.45, 7) is 2.12. The summed E-state index contributed by atoms with van der Waals surface area (Å²) in [4.78, 5) is 0. The SMILES string of the molecule is CCCc1ccc2c(c1)CCc1c-2ccc(-c2ccc(C(F)(F)F)c(F)c2)c1F. The number of alkyl halides is 3. The maximum absolute atomic E-state index is 15.3. The summed E-state index contributed by atoms with van der Waals surface area (Å²) >= 11 is 0. The molecule has 1 aliphatic rings. The normalized spacial score (nSPS) is 13.2. The van der Waals surface area contributed by atoms with Crippen molar-refractivity contribution in [1.29, 1.82) is 0 Å². The van der Waals surface area contributed by atoms with Gasteiger partial charge in [-0.3, -0.25) is 0 Å². The standard InChI is InChI=1S/C24H19F5/c1-2-3-14-4-7-17-15(12-14)5-8-20-19(17)10-9-18(23(20)26)16-6-11-21(22(25)13-16)24(27,28)29/h4,6-7,9-13H,2-3,5,8H2,1H3. The van der Waals surface area contributed by atoms with Gasteiger partial charge in [0.2, 0.25) is 0 Å². The second-order valence-corrected chi connectivity index (χ2v) is 7.39. The molecule has 3 aromatic carbocycles. The Kier molecular flexibility index (Phi) is 4.93. The van der Waals surface area contributed by atoms with Gasteiger partial charge in [0.25, 0.3) is 0 Å². The van der Waals surface area contributed by atoms with Gasteiger partial charge in [-0.05, 0) is 64.8 Å². The molecule has 3 aromatic rings. The van der Waals surface area contributed by atoms with E-state index in [9.17, 15) is 17.6 Å². The van der Waals surface area contributed by atoms with Crippen LogP contribution < -0.4 is 0 Å². The lowest BCUT2D eigenvalue weighted by molar-refractivity contribution is -0.139. The van der Waals surface area contributed by atoms with Crippen molar-refractivity contribution in [3.8, 4) is 22.3 Å². The van der Waals surface area contributed by atoms with Gasteiger partial charge in [0.15, 0.2) is 0 Å². The predicted octanol–water partition coefficient (Wildman–Crippen LogP) is 7.37. The molecule has 0 saturated carbocycles. The predicted molar refractivity (Wildman–Crippen MR) is 104 cm³/mol. The molecule has 0 radical (unpaired) electrons. The second-order valence-electron chi connectivity index (χ2n) is 7.39. The zero-order chi connectivity index (χ0) is 20.8. The van der Waals surface area contributed by atoms with Gasteiger partial charge in [0.1, 0.15) is 11.6 Å². The van der Waals surface area contributed by atoms with E-state index in [1.54, 1.807) is 6.07 Å². The Balaban J connectivity index is 1.76. The molecule has 0 aliphatic heterocycles. The highest BCUT2D eigenvalue weighted by molar-refractivity contribution is 5.78. The zero-order valence-electron chi connectivity index (χ0n) is 15.8. The maximum atomic E-state index is 15.3. The van der Waals surface area contributed by atoms with Crippen LogP contribution in [0.25, 0.3) is 22.3 Å². The fraction of sp³-hybridized carbons (Fsp3) is 0.250. The molecule has 0 fully saturated rings. The van der Waals surface area contributed by atoms with Gasteiger partial charge in [0, 0.05) is 5.56 Å². The minimum absolute atomic E-state index is 0.0971. The van der Waals surface area contributed by atoms with Crippen molar-refractivity contribution in [3.05, 3.63) is 82.4 Å². The van der Waals surface area contributed by atoms with E-state index in [4.69, 9.17) is 0 Å². The van der Waals surface area contributed by atoms with E-state index in [1.165, 1.54) is 17.2 Å². The summed E-state index contributed by atoms with van der Waals surface area (Å²) in [6.07, 6.45) is -1.54. The van der Waals surface area contributed by atoms with Crippen LogP contribution in [0.4, 0.5) is 22.0 Å². The van der Waals surface area contributed by atoms with Crippen LogP contribution in [-0.4, -0.2) is 0 Å². The Labute approximate surface area is 166 Å². The monoisotopic (exact) mass is 402 g/mol. The molecule has 0 spiro atoms. The van der Waals surface area contributed by atoms with Gasteiger partial charge < -0.3 is 0 Å². The molecule has 150 valence electrons. The molecule has 0 amide bonds. The molecule has 0 heterocycles. The van der Waals surface area contributed by atoms with Gasteiger partial charge >= 0.3 is 6.18 Å². The van der Waals surface area contributed by atoms with Crippen molar-refractivity contribution in [3.63, 3.8) is 0 Å². The summed E-state index contributed by atoms with van der Waals surface area (Å²) in [5.41, 5.74) is 3.60. The second kappa shape index (κ2) is 7.29. The third-order valence-corrected chi connectivity index (χ3v) is 5.47. The lowest BCUT2D eigenvalue weighted by atomic mass is 9.82. The molecule has 0 atom stereocenters. The van der Waals surface area contributed by atoms with E-state index in [-0.39, 0.29) is 11.1 Å². The number of aryl methyl sites for hydroxylation is 2. The average molecular weight is 402 g/mol. The topological polar surface area (TPSA) is 0 Å². The summed E-state index contributed by atoms with van der Waals surface area (Å²) in [7, 11) is 0. The number of benzene rings is 3. The quantitative estimate of drug-likeness (QED) is 0.401. The van der Waals surface area contributed by atoms with Crippen LogP contribution in [0.3, 0.4) is 0 Å². The molecule has 0 unspecified atom stereocenters. The lowest BCUT2D eigenvalue weighted by Crippen LogP contribution is -2.09. The Morgan fingerprint density at radius 3 is 2.24 bits per heavy atom. The fourth-order valence-corrected chi connectivity index (χ4v) is 4.07. The summed E-state index contributed by atoms with van der Waals surface area (Å²) < 4.78 is 67.6. The van der Waals surface area contributed by atoms with Crippen LogP contribution in [0.5, 0.6) is 0 Å². The van der Waals surface area contributed by atoms with Crippen molar-refractivity contribution in [2.45, 2.75) is 38.8 Å². The largest absolute Gasteiger partial charge is 0.419 e. The van der Waals surface area contributed by atoms with E-state index in [0.29, 0.717) is 24.5 Å². The van der Waals surface area contributed by atoms with Gasteiger partial charge in [-0.15, -0.1) is 0 Å². The van der Waals surface area contributed by atoms with E-state index >= 15 is 4.39 Å². The number of fused-ring (bicyclic) bond motifs is 3. The molecule has 0 nitrogen and oxygen atoms in total. The van der Waals surface area contributed by atoms with Gasteiger partial charge in [-0.2, -0.15) is 13.2 Å². The minimum atomic E-state index is -4.78. The van der Waals surface area contributed by atoms with Crippen molar-refractivity contribution in [1.82, 2.24) is 0 Å².